The summed E-state index contributed by atoms with van der Waals surface area (Å²) in [5.41, 5.74) is 2.40. The van der Waals surface area contributed by atoms with E-state index in [1.807, 2.05) is 60.7 Å². The molecule has 1 aliphatic heterocycles. The topological polar surface area (TPSA) is 187 Å². The third-order valence-electron chi connectivity index (χ3n) is 9.31. The first-order chi connectivity index (χ1) is 25.6. The number of nitrogens with zero attached hydrogens (tertiary/aromatic N) is 3. The standard InChI is InChI=1S/C37H42N5O9PS/c1-22(2)33(44)40-36-39-32-30(34(45)41-36)38-21-42(32)35-31(51-52(46)47)28(29(20-43)50-35)17-18-53-37(23-9-6-5-7-10-23,24-13-15-26(48-3)16-14-24)25-11-8-12-27(19-25)49-4/h5-16,19,21-22,28-29,31,35,43,52H,17-18,20H2,1-4H3,(H,46,47)(H2,39,40,41,44,45)/t28-,29-,31-,35-,37?/m1/s1. The van der Waals surface area contributed by atoms with Crippen molar-refractivity contribution in [2.75, 3.05) is 31.9 Å². The zero-order valence-corrected chi connectivity index (χ0v) is 31.4. The normalized spacial score (nSPS) is 20.3. The molecule has 2 aromatic heterocycles. The molecule has 1 saturated heterocycles. The molecule has 5 aromatic rings. The molecule has 3 aromatic carbocycles. The number of hydrogen-bond donors (Lipinski definition) is 4. The van der Waals surface area contributed by atoms with Crippen molar-refractivity contribution in [1.29, 1.82) is 0 Å². The van der Waals surface area contributed by atoms with E-state index >= 15 is 0 Å². The fourth-order valence-electron chi connectivity index (χ4n) is 6.67. The first-order valence-corrected chi connectivity index (χ1v) is 19.3. The van der Waals surface area contributed by atoms with Gasteiger partial charge in [0.2, 0.25) is 11.9 Å². The molecule has 0 spiro atoms. The van der Waals surface area contributed by atoms with Gasteiger partial charge in [-0.15, -0.1) is 11.8 Å². The number of hydrogen-bond acceptors (Lipinski definition) is 11. The predicted octanol–water partition coefficient (Wildman–Crippen LogP) is 5.12. The van der Waals surface area contributed by atoms with Gasteiger partial charge in [-0.2, -0.15) is 4.98 Å². The second-order valence-electron chi connectivity index (χ2n) is 12.8. The van der Waals surface area contributed by atoms with Gasteiger partial charge in [-0.3, -0.25) is 29.0 Å². The minimum absolute atomic E-state index is 0.0310. The SMILES string of the molecule is COc1ccc(C(SCC[C@H]2[C@@H](O[PH](=O)O)[C@H](n3cnc4c(=O)[nH]c(NC(=O)C(C)C)nc43)O[C@@H]2CO)(c2ccccc2)c2cccc(OC)c2)cc1. The number of ether oxygens (including phenoxy) is 3. The van der Waals surface area contributed by atoms with Crippen molar-refractivity contribution in [3.63, 3.8) is 0 Å². The lowest BCUT2D eigenvalue weighted by atomic mass is 9.84. The molecule has 280 valence electrons. The van der Waals surface area contributed by atoms with Gasteiger partial charge in [-0.25, -0.2) is 4.98 Å². The molecule has 53 heavy (non-hydrogen) atoms. The summed E-state index contributed by atoms with van der Waals surface area (Å²) in [6.07, 6.45) is -1.22. The van der Waals surface area contributed by atoms with Crippen LogP contribution in [0.4, 0.5) is 5.95 Å². The van der Waals surface area contributed by atoms with Crippen molar-refractivity contribution in [3.05, 3.63) is 112 Å². The second-order valence-corrected chi connectivity index (χ2v) is 14.9. The Labute approximate surface area is 310 Å². The molecule has 0 saturated carbocycles. The number of amides is 1. The number of nitrogens with one attached hydrogen (secondary N) is 2. The predicted molar refractivity (Wildman–Crippen MR) is 202 cm³/mol. The summed E-state index contributed by atoms with van der Waals surface area (Å²) in [6.45, 7) is 2.99. The molecular weight excluding hydrogens is 721 g/mol. The number of benzene rings is 3. The van der Waals surface area contributed by atoms with Gasteiger partial charge in [0.05, 0.1) is 38.0 Å². The van der Waals surface area contributed by atoms with E-state index in [2.05, 4.69) is 38.5 Å². The van der Waals surface area contributed by atoms with Crippen LogP contribution in [0.3, 0.4) is 0 Å². The van der Waals surface area contributed by atoms with Gasteiger partial charge in [0, 0.05) is 11.8 Å². The highest BCUT2D eigenvalue weighted by molar-refractivity contribution is 8.00. The van der Waals surface area contributed by atoms with E-state index in [1.54, 1.807) is 39.8 Å². The maximum absolute atomic E-state index is 12.9. The minimum atomic E-state index is -3.52. The highest BCUT2D eigenvalue weighted by atomic mass is 32.2. The number of imidazole rings is 1. The van der Waals surface area contributed by atoms with Crippen LogP contribution in [-0.2, 0) is 23.4 Å². The molecule has 1 aliphatic rings. The largest absolute Gasteiger partial charge is 0.497 e. The number of fused-ring (bicyclic) bond motifs is 1. The third-order valence-corrected chi connectivity index (χ3v) is 11.4. The van der Waals surface area contributed by atoms with Gasteiger partial charge in [0.25, 0.3) is 5.56 Å². The van der Waals surface area contributed by atoms with E-state index in [1.165, 1.54) is 10.9 Å². The number of anilines is 1. The number of carbonyl (C=O) groups is 1. The van der Waals surface area contributed by atoms with E-state index in [9.17, 15) is 24.2 Å². The van der Waals surface area contributed by atoms with E-state index in [-0.39, 0.29) is 28.9 Å². The zero-order chi connectivity index (χ0) is 37.7. The molecule has 0 aliphatic carbocycles. The average molecular weight is 764 g/mol. The lowest BCUT2D eigenvalue weighted by Gasteiger charge is -2.36. The maximum Gasteiger partial charge on any atom is 0.317 e. The lowest BCUT2D eigenvalue weighted by Crippen LogP contribution is -2.31. The summed E-state index contributed by atoms with van der Waals surface area (Å²) in [5.74, 6) is 0.486. The Morgan fingerprint density at radius 2 is 1.74 bits per heavy atom. The molecule has 2 unspecified atom stereocenters. The fourth-order valence-corrected chi connectivity index (χ4v) is 8.79. The Bertz CT molecular complexity index is 2110. The summed E-state index contributed by atoms with van der Waals surface area (Å²) in [6, 6.07) is 25.9. The van der Waals surface area contributed by atoms with Crippen molar-refractivity contribution in [2.45, 2.75) is 43.5 Å². The summed E-state index contributed by atoms with van der Waals surface area (Å²) in [5, 5.41) is 13.2. The Kier molecular flexibility index (Phi) is 12.0. The van der Waals surface area contributed by atoms with E-state index in [0.717, 1.165) is 16.7 Å². The van der Waals surface area contributed by atoms with Crippen molar-refractivity contribution in [1.82, 2.24) is 19.5 Å². The van der Waals surface area contributed by atoms with Crippen LogP contribution in [0.25, 0.3) is 11.2 Å². The number of H-pyrrole nitrogens is 1. The number of carbonyl (C=O) groups excluding carboxylic acids is 1. The van der Waals surface area contributed by atoms with Gasteiger partial charge >= 0.3 is 8.25 Å². The van der Waals surface area contributed by atoms with Crippen LogP contribution in [0.1, 0.15) is 43.2 Å². The van der Waals surface area contributed by atoms with Gasteiger partial charge < -0.3 is 28.7 Å². The molecule has 1 fully saturated rings. The minimum Gasteiger partial charge on any atom is -0.497 e. The molecule has 6 rings (SSSR count). The Hall–Kier alpha value is -4.50. The molecule has 1 amide bonds. The molecule has 4 N–H and O–H groups in total. The second kappa shape index (κ2) is 16.7. The van der Waals surface area contributed by atoms with Crippen molar-refractivity contribution in [2.24, 2.45) is 11.8 Å². The first kappa shape index (κ1) is 38.2. The quantitative estimate of drug-likeness (QED) is 0.0816. The summed E-state index contributed by atoms with van der Waals surface area (Å²) >= 11 is 1.66. The number of thioether (sulfide) groups is 1. The van der Waals surface area contributed by atoms with Crippen LogP contribution < -0.4 is 20.3 Å². The van der Waals surface area contributed by atoms with Gasteiger partial charge in [-0.05, 0) is 53.1 Å². The van der Waals surface area contributed by atoms with E-state index < -0.39 is 49.5 Å². The molecule has 16 heteroatoms. The van der Waals surface area contributed by atoms with Gasteiger partial charge in [-0.1, -0.05) is 68.4 Å². The Morgan fingerprint density at radius 3 is 2.40 bits per heavy atom. The average Bonchev–Trinajstić information content (AvgIpc) is 3.74. The van der Waals surface area contributed by atoms with Crippen LogP contribution in [0, 0.1) is 11.8 Å². The van der Waals surface area contributed by atoms with Crippen LogP contribution in [0.2, 0.25) is 0 Å². The number of methoxy groups -OCH3 is 2. The number of aliphatic hydroxyl groups excluding tert-OH is 1. The van der Waals surface area contributed by atoms with Crippen molar-refractivity contribution in [3.8, 4) is 11.5 Å². The number of aromatic amines is 1. The number of rotatable bonds is 15. The van der Waals surface area contributed by atoms with Gasteiger partial charge in [0.15, 0.2) is 17.4 Å². The monoisotopic (exact) mass is 763 g/mol. The molecular formula is C37H42N5O9PS. The van der Waals surface area contributed by atoms with Crippen LogP contribution >= 0.6 is 20.0 Å². The molecule has 3 heterocycles. The fraction of sp³-hybridized carbons (Fsp3) is 0.351. The van der Waals surface area contributed by atoms with Crippen molar-refractivity contribution >= 4 is 43.0 Å². The summed E-state index contributed by atoms with van der Waals surface area (Å²) in [4.78, 5) is 46.6. The van der Waals surface area contributed by atoms with Crippen LogP contribution in [-0.4, -0.2) is 74.2 Å². The maximum atomic E-state index is 12.9. The smallest absolute Gasteiger partial charge is 0.317 e. The Balaban J connectivity index is 1.38. The number of aliphatic hydroxyl groups is 1. The molecule has 14 nitrogen and oxygen atoms in total. The summed E-state index contributed by atoms with van der Waals surface area (Å²) in [7, 11) is -0.271. The van der Waals surface area contributed by atoms with Crippen LogP contribution in [0.5, 0.6) is 11.5 Å². The highest BCUT2D eigenvalue weighted by Gasteiger charge is 2.48. The van der Waals surface area contributed by atoms with E-state index in [0.29, 0.717) is 23.7 Å². The van der Waals surface area contributed by atoms with Crippen molar-refractivity contribution < 1.29 is 38.1 Å². The molecule has 0 radical (unpaired) electrons. The number of aromatic nitrogens is 4. The first-order valence-electron chi connectivity index (χ1n) is 17.0. The third kappa shape index (κ3) is 7.91. The lowest BCUT2D eigenvalue weighted by molar-refractivity contribution is -0.118. The molecule has 6 atom stereocenters. The van der Waals surface area contributed by atoms with E-state index in [4.69, 9.17) is 18.7 Å². The molecule has 0 bridgehead atoms. The van der Waals surface area contributed by atoms with Gasteiger partial charge in [0.1, 0.15) is 17.6 Å². The zero-order valence-electron chi connectivity index (χ0n) is 29.6. The highest BCUT2D eigenvalue weighted by Crippen LogP contribution is 2.51. The van der Waals surface area contributed by atoms with Crippen LogP contribution in [0.15, 0.2) is 90.0 Å². The Morgan fingerprint density at radius 1 is 1.04 bits per heavy atom. The summed E-state index contributed by atoms with van der Waals surface area (Å²) < 4.78 is 36.2.